The standard InChI is InChI=1S/C13H16BrN3O/c1-2-16-5-3-9(8-16)13-15-12(14)11-7-10(18)4-6-17(11)13/h4,6-7,9,18H,2-3,5,8H2,1H3. The van der Waals surface area contributed by atoms with Gasteiger partial charge in [-0.1, -0.05) is 6.92 Å². The fourth-order valence-corrected chi connectivity index (χ4v) is 3.17. The molecule has 0 bridgehead atoms. The zero-order chi connectivity index (χ0) is 12.7. The molecule has 0 amide bonds. The first-order chi connectivity index (χ1) is 8.69. The Morgan fingerprint density at radius 2 is 2.39 bits per heavy atom. The third-order valence-electron chi connectivity index (χ3n) is 3.69. The highest BCUT2D eigenvalue weighted by atomic mass is 79.9. The summed E-state index contributed by atoms with van der Waals surface area (Å²) < 4.78 is 2.89. The van der Waals surface area contributed by atoms with Gasteiger partial charge in [-0.15, -0.1) is 0 Å². The van der Waals surface area contributed by atoms with Crippen LogP contribution in [-0.2, 0) is 0 Å². The van der Waals surface area contributed by atoms with E-state index in [1.165, 1.54) is 0 Å². The van der Waals surface area contributed by atoms with Crippen molar-refractivity contribution in [3.05, 3.63) is 28.8 Å². The molecule has 1 saturated heterocycles. The Balaban J connectivity index is 2.03. The first-order valence-corrected chi connectivity index (χ1v) is 7.07. The Kier molecular flexibility index (Phi) is 3.03. The summed E-state index contributed by atoms with van der Waals surface area (Å²) in [5.41, 5.74) is 0.931. The quantitative estimate of drug-likeness (QED) is 0.927. The number of aromatic hydroxyl groups is 1. The van der Waals surface area contributed by atoms with E-state index in [2.05, 4.69) is 37.1 Å². The number of imidazole rings is 1. The monoisotopic (exact) mass is 309 g/mol. The second kappa shape index (κ2) is 4.55. The number of hydrogen-bond donors (Lipinski definition) is 1. The minimum absolute atomic E-state index is 0.274. The lowest BCUT2D eigenvalue weighted by atomic mass is 10.1. The highest BCUT2D eigenvalue weighted by molar-refractivity contribution is 9.10. The molecular formula is C13H16BrN3O. The molecule has 0 spiro atoms. The average Bonchev–Trinajstić information content (AvgIpc) is 2.95. The minimum atomic E-state index is 0.274. The van der Waals surface area contributed by atoms with Crippen molar-refractivity contribution in [2.24, 2.45) is 0 Å². The SMILES string of the molecule is CCN1CCC(c2nc(Br)c3cc(O)ccn23)C1. The summed E-state index contributed by atoms with van der Waals surface area (Å²) in [7, 11) is 0. The summed E-state index contributed by atoms with van der Waals surface area (Å²) in [4.78, 5) is 7.07. The van der Waals surface area contributed by atoms with E-state index < -0.39 is 0 Å². The van der Waals surface area contributed by atoms with Gasteiger partial charge in [0.1, 0.15) is 16.2 Å². The van der Waals surface area contributed by atoms with Crippen molar-refractivity contribution in [2.45, 2.75) is 19.3 Å². The molecule has 3 rings (SSSR count). The van der Waals surface area contributed by atoms with Crippen molar-refractivity contribution in [2.75, 3.05) is 19.6 Å². The normalized spacial score (nSPS) is 20.9. The molecule has 96 valence electrons. The smallest absolute Gasteiger partial charge is 0.132 e. The van der Waals surface area contributed by atoms with Gasteiger partial charge in [0.25, 0.3) is 0 Å². The molecule has 1 aliphatic rings. The van der Waals surface area contributed by atoms with E-state index >= 15 is 0 Å². The van der Waals surface area contributed by atoms with Crippen LogP contribution in [0.3, 0.4) is 0 Å². The molecule has 1 fully saturated rings. The van der Waals surface area contributed by atoms with Crippen LogP contribution in [-0.4, -0.2) is 39.0 Å². The molecule has 1 unspecified atom stereocenters. The summed E-state index contributed by atoms with van der Waals surface area (Å²) in [5, 5.41) is 9.54. The second-order valence-electron chi connectivity index (χ2n) is 4.78. The maximum Gasteiger partial charge on any atom is 0.132 e. The summed E-state index contributed by atoms with van der Waals surface area (Å²) in [6, 6.07) is 3.45. The highest BCUT2D eigenvalue weighted by Gasteiger charge is 2.26. The van der Waals surface area contributed by atoms with E-state index in [1.54, 1.807) is 12.1 Å². The summed E-state index contributed by atoms with van der Waals surface area (Å²) in [6.07, 6.45) is 3.05. The molecule has 1 N–H and O–H groups in total. The number of fused-ring (bicyclic) bond motifs is 1. The van der Waals surface area contributed by atoms with Gasteiger partial charge in [0, 0.05) is 24.7 Å². The van der Waals surface area contributed by atoms with Gasteiger partial charge in [-0.2, -0.15) is 0 Å². The molecule has 18 heavy (non-hydrogen) atoms. The number of likely N-dealkylation sites (N-methyl/N-ethyl adjacent to an activating group) is 1. The Labute approximate surface area is 114 Å². The van der Waals surface area contributed by atoms with Crippen molar-refractivity contribution in [1.82, 2.24) is 14.3 Å². The lowest BCUT2D eigenvalue weighted by Gasteiger charge is -2.12. The van der Waals surface area contributed by atoms with E-state index in [-0.39, 0.29) is 5.75 Å². The van der Waals surface area contributed by atoms with E-state index in [0.29, 0.717) is 5.92 Å². The van der Waals surface area contributed by atoms with Crippen LogP contribution in [0.1, 0.15) is 25.1 Å². The van der Waals surface area contributed by atoms with Crippen LogP contribution in [0.15, 0.2) is 22.9 Å². The van der Waals surface area contributed by atoms with E-state index in [9.17, 15) is 5.11 Å². The van der Waals surface area contributed by atoms with Gasteiger partial charge in [-0.3, -0.25) is 0 Å². The number of halogens is 1. The van der Waals surface area contributed by atoms with Crippen LogP contribution in [0.4, 0.5) is 0 Å². The topological polar surface area (TPSA) is 40.8 Å². The van der Waals surface area contributed by atoms with Gasteiger partial charge in [-0.25, -0.2) is 4.98 Å². The molecule has 2 aromatic rings. The number of hydrogen-bond acceptors (Lipinski definition) is 3. The molecule has 0 radical (unpaired) electrons. The lowest BCUT2D eigenvalue weighted by Crippen LogP contribution is -2.19. The summed E-state index contributed by atoms with van der Waals surface area (Å²) in [6.45, 7) is 5.51. The Morgan fingerprint density at radius 3 is 3.11 bits per heavy atom. The lowest BCUT2D eigenvalue weighted by molar-refractivity contribution is 0.352. The van der Waals surface area contributed by atoms with Crippen molar-refractivity contribution < 1.29 is 5.11 Å². The maximum absolute atomic E-state index is 9.54. The third-order valence-corrected chi connectivity index (χ3v) is 4.28. The van der Waals surface area contributed by atoms with Gasteiger partial charge in [0.2, 0.25) is 0 Å². The summed E-state index contributed by atoms with van der Waals surface area (Å²) in [5.74, 6) is 1.84. The Hall–Kier alpha value is -1.07. The number of likely N-dealkylation sites (tertiary alicyclic amines) is 1. The summed E-state index contributed by atoms with van der Waals surface area (Å²) >= 11 is 3.47. The number of aromatic nitrogens is 2. The van der Waals surface area contributed by atoms with Gasteiger partial charge in [0.05, 0.1) is 5.52 Å². The molecule has 0 aliphatic carbocycles. The molecule has 3 heterocycles. The minimum Gasteiger partial charge on any atom is -0.508 e. The van der Waals surface area contributed by atoms with Crippen molar-refractivity contribution in [3.63, 3.8) is 0 Å². The Morgan fingerprint density at radius 1 is 1.56 bits per heavy atom. The van der Waals surface area contributed by atoms with Crippen molar-refractivity contribution in [3.8, 4) is 5.75 Å². The van der Waals surface area contributed by atoms with Crippen molar-refractivity contribution >= 4 is 21.4 Å². The number of rotatable bonds is 2. The van der Waals surface area contributed by atoms with Crippen LogP contribution in [0.2, 0.25) is 0 Å². The first kappa shape index (κ1) is 12.0. The zero-order valence-corrected chi connectivity index (χ0v) is 11.9. The van der Waals surface area contributed by atoms with Crippen LogP contribution in [0.25, 0.3) is 5.52 Å². The van der Waals surface area contributed by atoms with E-state index in [0.717, 1.165) is 42.0 Å². The molecule has 1 aliphatic heterocycles. The van der Waals surface area contributed by atoms with Crippen LogP contribution in [0.5, 0.6) is 5.75 Å². The number of nitrogens with zero attached hydrogens (tertiary/aromatic N) is 3. The molecular weight excluding hydrogens is 294 g/mol. The average molecular weight is 310 g/mol. The molecule has 4 nitrogen and oxygen atoms in total. The van der Waals surface area contributed by atoms with Crippen LogP contribution in [0, 0.1) is 0 Å². The van der Waals surface area contributed by atoms with Gasteiger partial charge in [-0.05, 0) is 41.5 Å². The highest BCUT2D eigenvalue weighted by Crippen LogP contribution is 2.31. The molecule has 0 aromatic carbocycles. The fourth-order valence-electron chi connectivity index (χ4n) is 2.68. The molecule has 1 atom stereocenters. The van der Waals surface area contributed by atoms with E-state index in [4.69, 9.17) is 0 Å². The first-order valence-electron chi connectivity index (χ1n) is 6.28. The Bertz CT molecular complexity index is 581. The third kappa shape index (κ3) is 1.91. The fraction of sp³-hybridized carbons (Fsp3) is 0.462. The predicted octanol–water partition coefficient (Wildman–Crippen LogP) is 2.61. The largest absolute Gasteiger partial charge is 0.508 e. The number of pyridine rings is 1. The molecule has 2 aromatic heterocycles. The van der Waals surface area contributed by atoms with Gasteiger partial charge >= 0.3 is 0 Å². The van der Waals surface area contributed by atoms with Gasteiger partial charge < -0.3 is 14.4 Å². The van der Waals surface area contributed by atoms with E-state index in [1.807, 2.05) is 6.20 Å². The zero-order valence-electron chi connectivity index (χ0n) is 10.3. The van der Waals surface area contributed by atoms with Crippen LogP contribution >= 0.6 is 15.9 Å². The maximum atomic E-state index is 9.54. The van der Waals surface area contributed by atoms with Gasteiger partial charge in [0.15, 0.2) is 0 Å². The molecule has 0 saturated carbocycles. The van der Waals surface area contributed by atoms with Crippen molar-refractivity contribution in [1.29, 1.82) is 0 Å². The predicted molar refractivity (Wildman–Crippen MR) is 74.0 cm³/mol. The molecule has 5 heteroatoms. The second-order valence-corrected chi connectivity index (χ2v) is 5.53. The van der Waals surface area contributed by atoms with Crippen LogP contribution < -0.4 is 0 Å².